The first kappa shape index (κ1) is 16.8. The van der Waals surface area contributed by atoms with Crippen LogP contribution in [0.5, 0.6) is 0 Å². The van der Waals surface area contributed by atoms with Crippen LogP contribution in [0.15, 0.2) is 24.7 Å². The van der Waals surface area contributed by atoms with Crippen LogP contribution in [0.25, 0.3) is 0 Å². The van der Waals surface area contributed by atoms with Crippen LogP contribution in [-0.2, 0) is 4.79 Å². The van der Waals surface area contributed by atoms with Crippen LogP contribution in [0.1, 0.15) is 44.6 Å². The molecule has 0 atom stereocenters. The Morgan fingerprint density at radius 3 is 2.65 bits per heavy atom. The van der Waals surface area contributed by atoms with Gasteiger partial charge in [-0.05, 0) is 25.7 Å². The molecular weight excluding hydrogens is 330 g/mol. The van der Waals surface area contributed by atoms with Crippen LogP contribution in [0.2, 0.25) is 0 Å². The smallest absolute Gasteiger partial charge is 0.228 e. The molecular formula is C18H25N7O. The quantitative estimate of drug-likeness (QED) is 0.872. The highest BCUT2D eigenvalue weighted by molar-refractivity contribution is 5.91. The summed E-state index contributed by atoms with van der Waals surface area (Å²) in [7, 11) is 0. The van der Waals surface area contributed by atoms with Crippen molar-refractivity contribution in [2.24, 2.45) is 5.92 Å². The van der Waals surface area contributed by atoms with Crippen molar-refractivity contribution in [1.82, 2.24) is 19.7 Å². The lowest BCUT2D eigenvalue weighted by atomic mass is 10.1. The van der Waals surface area contributed by atoms with Crippen LogP contribution < -0.4 is 16.0 Å². The number of nitrogens with one attached hydrogen (secondary N) is 1. The van der Waals surface area contributed by atoms with Crippen LogP contribution in [0.4, 0.5) is 17.5 Å². The molecule has 8 heteroatoms. The number of piperidine rings is 1. The van der Waals surface area contributed by atoms with Gasteiger partial charge in [0.25, 0.3) is 0 Å². The Balaban J connectivity index is 1.39. The molecule has 26 heavy (non-hydrogen) atoms. The largest absolute Gasteiger partial charge is 0.384 e. The number of rotatable bonds is 4. The van der Waals surface area contributed by atoms with E-state index in [1.54, 1.807) is 6.20 Å². The summed E-state index contributed by atoms with van der Waals surface area (Å²) in [6.07, 6.45) is 9.46. The van der Waals surface area contributed by atoms with Crippen LogP contribution in [-0.4, -0.2) is 38.7 Å². The molecule has 2 aromatic heterocycles. The number of nitrogens with two attached hydrogens (primary N) is 1. The van der Waals surface area contributed by atoms with E-state index >= 15 is 0 Å². The second kappa shape index (κ2) is 7.31. The zero-order valence-corrected chi connectivity index (χ0v) is 14.8. The lowest BCUT2D eigenvalue weighted by Gasteiger charge is -2.33. The van der Waals surface area contributed by atoms with Crippen molar-refractivity contribution < 1.29 is 4.79 Å². The zero-order chi connectivity index (χ0) is 17.9. The van der Waals surface area contributed by atoms with Crippen molar-refractivity contribution in [3.63, 3.8) is 0 Å². The Hall–Kier alpha value is -2.64. The molecule has 1 saturated heterocycles. The molecule has 1 aliphatic carbocycles. The number of nitrogens with zero attached hydrogens (tertiary/aromatic N) is 5. The van der Waals surface area contributed by atoms with Crippen molar-refractivity contribution >= 4 is 23.4 Å². The number of aromatic nitrogens is 4. The minimum absolute atomic E-state index is 0.137. The predicted octanol–water partition coefficient (Wildman–Crippen LogP) is 2.23. The molecule has 0 spiro atoms. The van der Waals surface area contributed by atoms with E-state index in [0.29, 0.717) is 5.82 Å². The first-order valence-electron chi connectivity index (χ1n) is 9.37. The van der Waals surface area contributed by atoms with E-state index in [9.17, 15) is 4.79 Å². The van der Waals surface area contributed by atoms with Gasteiger partial charge in [0.15, 0.2) is 0 Å². The SMILES string of the molecule is Nc1cc(N2CCC(n3nccc3NC(=O)C3CCCC3)CC2)ncn1. The fourth-order valence-corrected chi connectivity index (χ4v) is 3.99. The van der Waals surface area contributed by atoms with Crippen molar-refractivity contribution in [1.29, 1.82) is 0 Å². The minimum Gasteiger partial charge on any atom is -0.384 e. The standard InChI is InChI=1S/C18H25N7O/c19-15-11-17(21-12-20-15)24-9-6-14(7-10-24)25-16(5-8-22-25)23-18(26)13-3-1-2-4-13/h5,8,11-14H,1-4,6-7,9-10H2,(H,23,26)(H2,19,20,21). The third-order valence-corrected chi connectivity index (χ3v) is 5.46. The average molecular weight is 355 g/mol. The fourth-order valence-electron chi connectivity index (χ4n) is 3.99. The number of hydrogen-bond acceptors (Lipinski definition) is 6. The van der Waals surface area contributed by atoms with Gasteiger partial charge in [0.1, 0.15) is 23.8 Å². The Kier molecular flexibility index (Phi) is 4.73. The van der Waals surface area contributed by atoms with E-state index in [-0.39, 0.29) is 17.9 Å². The first-order valence-corrected chi connectivity index (χ1v) is 9.37. The summed E-state index contributed by atoms with van der Waals surface area (Å²) in [4.78, 5) is 22.9. The zero-order valence-electron chi connectivity index (χ0n) is 14.8. The third kappa shape index (κ3) is 3.49. The molecule has 0 bridgehead atoms. The molecule has 1 aliphatic heterocycles. The minimum atomic E-state index is 0.137. The molecule has 3 N–H and O–H groups in total. The Bertz CT molecular complexity index is 760. The highest BCUT2D eigenvalue weighted by atomic mass is 16.2. The molecule has 0 unspecified atom stereocenters. The van der Waals surface area contributed by atoms with Crippen LogP contribution >= 0.6 is 0 Å². The summed E-state index contributed by atoms with van der Waals surface area (Å²) in [5.41, 5.74) is 5.76. The normalized spacial score (nSPS) is 19.0. The van der Waals surface area contributed by atoms with E-state index in [2.05, 4.69) is 25.3 Å². The Morgan fingerprint density at radius 2 is 1.92 bits per heavy atom. The van der Waals surface area contributed by atoms with E-state index in [4.69, 9.17) is 5.73 Å². The second-order valence-electron chi connectivity index (χ2n) is 7.15. The van der Waals surface area contributed by atoms with Gasteiger partial charge in [-0.1, -0.05) is 12.8 Å². The molecule has 1 amide bonds. The molecule has 2 fully saturated rings. The summed E-state index contributed by atoms with van der Waals surface area (Å²) in [6.45, 7) is 1.74. The number of hydrogen-bond donors (Lipinski definition) is 2. The van der Waals surface area contributed by atoms with Crippen molar-refractivity contribution in [3.8, 4) is 0 Å². The maximum absolute atomic E-state index is 12.4. The molecule has 2 aromatic rings. The summed E-state index contributed by atoms with van der Waals surface area (Å²) in [6, 6.07) is 3.98. The highest BCUT2D eigenvalue weighted by Gasteiger charge is 2.26. The number of anilines is 3. The van der Waals surface area contributed by atoms with E-state index in [1.165, 1.54) is 6.33 Å². The van der Waals surface area contributed by atoms with Gasteiger partial charge in [0.05, 0.1) is 12.2 Å². The molecule has 8 nitrogen and oxygen atoms in total. The maximum atomic E-state index is 12.4. The maximum Gasteiger partial charge on any atom is 0.228 e. The van der Waals surface area contributed by atoms with Gasteiger partial charge in [0.2, 0.25) is 5.91 Å². The average Bonchev–Trinajstić information content (AvgIpc) is 3.34. The number of nitrogen functional groups attached to an aromatic ring is 1. The van der Waals surface area contributed by atoms with E-state index < -0.39 is 0 Å². The Morgan fingerprint density at radius 1 is 1.15 bits per heavy atom. The van der Waals surface area contributed by atoms with E-state index in [0.717, 1.165) is 63.3 Å². The van der Waals surface area contributed by atoms with Gasteiger partial charge in [-0.15, -0.1) is 0 Å². The Labute approximate surface area is 152 Å². The lowest BCUT2D eigenvalue weighted by molar-refractivity contribution is -0.119. The second-order valence-corrected chi connectivity index (χ2v) is 7.15. The lowest BCUT2D eigenvalue weighted by Crippen LogP contribution is -2.36. The van der Waals surface area contributed by atoms with Gasteiger partial charge in [-0.2, -0.15) is 5.10 Å². The van der Waals surface area contributed by atoms with Crippen molar-refractivity contribution in [2.75, 3.05) is 29.0 Å². The molecule has 0 aromatic carbocycles. The first-order chi connectivity index (χ1) is 12.7. The van der Waals surface area contributed by atoms with Crippen LogP contribution in [0.3, 0.4) is 0 Å². The monoisotopic (exact) mass is 355 g/mol. The van der Waals surface area contributed by atoms with Gasteiger partial charge in [0, 0.05) is 31.1 Å². The summed E-state index contributed by atoms with van der Waals surface area (Å²) >= 11 is 0. The number of amides is 1. The summed E-state index contributed by atoms with van der Waals surface area (Å²) < 4.78 is 1.97. The number of carbonyl (C=O) groups excluding carboxylic acids is 1. The predicted molar refractivity (Wildman–Crippen MR) is 99.7 cm³/mol. The van der Waals surface area contributed by atoms with Gasteiger partial charge >= 0.3 is 0 Å². The molecule has 0 radical (unpaired) electrons. The molecule has 138 valence electrons. The molecule has 1 saturated carbocycles. The third-order valence-electron chi connectivity index (χ3n) is 5.46. The van der Waals surface area contributed by atoms with Crippen molar-refractivity contribution in [3.05, 3.63) is 24.7 Å². The molecule has 3 heterocycles. The van der Waals surface area contributed by atoms with Crippen LogP contribution in [0, 0.1) is 5.92 Å². The fraction of sp³-hybridized carbons (Fsp3) is 0.556. The van der Waals surface area contributed by atoms with Gasteiger partial charge in [-0.25, -0.2) is 14.6 Å². The topological polar surface area (TPSA) is 102 Å². The van der Waals surface area contributed by atoms with E-state index in [1.807, 2.05) is 16.8 Å². The van der Waals surface area contributed by atoms with Gasteiger partial charge < -0.3 is 16.0 Å². The number of carbonyl (C=O) groups is 1. The molecule has 2 aliphatic rings. The summed E-state index contributed by atoms with van der Waals surface area (Å²) in [5.74, 6) is 2.46. The van der Waals surface area contributed by atoms with Gasteiger partial charge in [-0.3, -0.25) is 4.79 Å². The highest BCUT2D eigenvalue weighted by Crippen LogP contribution is 2.29. The molecule has 4 rings (SSSR count). The summed E-state index contributed by atoms with van der Waals surface area (Å²) in [5, 5.41) is 7.56. The van der Waals surface area contributed by atoms with Crippen molar-refractivity contribution in [2.45, 2.75) is 44.6 Å².